The monoisotopic (exact) mass is 547 g/mol. The molecule has 0 aliphatic carbocycles. The summed E-state index contributed by atoms with van der Waals surface area (Å²) in [6.45, 7) is 3.56. The Hall–Kier alpha value is -1.55. The van der Waals surface area contributed by atoms with Crippen LogP contribution in [0.1, 0.15) is 24.4 Å². The van der Waals surface area contributed by atoms with Crippen LogP contribution in [0.15, 0.2) is 47.5 Å². The van der Waals surface area contributed by atoms with Crippen molar-refractivity contribution in [2.45, 2.75) is 19.4 Å². The molecule has 4 N–H and O–H groups in total. The van der Waals surface area contributed by atoms with Gasteiger partial charge in [0.15, 0.2) is 5.96 Å². The van der Waals surface area contributed by atoms with Gasteiger partial charge in [0.2, 0.25) is 0 Å². The molecule has 0 radical (unpaired) electrons. The molecule has 0 spiro atoms. The van der Waals surface area contributed by atoms with Crippen LogP contribution in [0.25, 0.3) is 11.0 Å². The number of aliphatic hydroxyl groups is 1. The summed E-state index contributed by atoms with van der Waals surface area (Å²) in [4.78, 5) is 12.3. The SMILES string of the molecule is CCNC(=NCC(O)c1cc(Cl)cc(Cl)c1)NCCc1nc2ccccc2[nH]1.I. The quantitative estimate of drug-likeness (QED) is 0.202. The number of rotatable bonds is 7. The molecule has 1 aromatic heterocycles. The van der Waals surface area contributed by atoms with E-state index in [4.69, 9.17) is 23.2 Å². The molecule has 0 fully saturated rings. The molecule has 0 amide bonds. The van der Waals surface area contributed by atoms with E-state index >= 15 is 0 Å². The van der Waals surface area contributed by atoms with Gasteiger partial charge in [-0.25, -0.2) is 4.98 Å². The molecule has 3 aromatic rings. The summed E-state index contributed by atoms with van der Waals surface area (Å²) < 4.78 is 0. The molecule has 0 aliphatic rings. The number of aromatic nitrogens is 2. The maximum Gasteiger partial charge on any atom is 0.191 e. The number of benzene rings is 2. The van der Waals surface area contributed by atoms with Crippen molar-refractivity contribution < 1.29 is 5.11 Å². The summed E-state index contributed by atoms with van der Waals surface area (Å²) in [6, 6.07) is 13.0. The summed E-state index contributed by atoms with van der Waals surface area (Å²) >= 11 is 12.0. The third-order valence-electron chi connectivity index (χ3n) is 4.13. The number of aromatic amines is 1. The van der Waals surface area contributed by atoms with E-state index < -0.39 is 6.10 Å². The molecule has 3 rings (SSSR count). The van der Waals surface area contributed by atoms with Gasteiger partial charge in [-0.3, -0.25) is 4.99 Å². The number of guanidine groups is 1. The summed E-state index contributed by atoms with van der Waals surface area (Å²) in [5.41, 5.74) is 2.63. The van der Waals surface area contributed by atoms with Gasteiger partial charge in [0, 0.05) is 29.6 Å². The molecule has 9 heteroatoms. The van der Waals surface area contributed by atoms with E-state index in [1.807, 2.05) is 31.2 Å². The lowest BCUT2D eigenvalue weighted by atomic mass is 10.1. The molecule has 0 saturated carbocycles. The van der Waals surface area contributed by atoms with E-state index in [0.717, 1.165) is 29.8 Å². The second-order valence-corrected chi connectivity index (χ2v) is 7.19. The molecule has 2 aromatic carbocycles. The fourth-order valence-corrected chi connectivity index (χ4v) is 3.36. The molecule has 29 heavy (non-hydrogen) atoms. The number of aliphatic hydroxyl groups excluding tert-OH is 1. The Morgan fingerprint density at radius 1 is 1.17 bits per heavy atom. The van der Waals surface area contributed by atoms with Crippen LogP contribution in [-0.4, -0.2) is 40.7 Å². The highest BCUT2D eigenvalue weighted by atomic mass is 127. The van der Waals surface area contributed by atoms with Crippen LogP contribution < -0.4 is 10.6 Å². The fourth-order valence-electron chi connectivity index (χ4n) is 2.82. The number of nitrogens with one attached hydrogen (secondary N) is 3. The van der Waals surface area contributed by atoms with Gasteiger partial charge in [-0.1, -0.05) is 35.3 Å². The molecule has 0 saturated heterocycles. The molecule has 0 bridgehead atoms. The highest BCUT2D eigenvalue weighted by Crippen LogP contribution is 2.23. The van der Waals surface area contributed by atoms with Gasteiger partial charge in [-0.05, 0) is 42.8 Å². The standard InChI is InChI=1S/C20H23Cl2N5O.HI/c1-2-23-20(25-12-18(28)13-9-14(21)11-15(22)10-13)24-8-7-19-26-16-5-3-4-6-17(16)27-19;/h3-6,9-11,18,28H,2,7-8,12H2,1H3,(H,26,27)(H2,23,24,25);1H. The largest absolute Gasteiger partial charge is 0.386 e. The molecular formula is C20H24Cl2IN5O. The van der Waals surface area contributed by atoms with Crippen molar-refractivity contribution in [3.63, 3.8) is 0 Å². The highest BCUT2D eigenvalue weighted by molar-refractivity contribution is 14.0. The summed E-state index contributed by atoms with van der Waals surface area (Å²) in [7, 11) is 0. The molecule has 1 atom stereocenters. The zero-order valence-electron chi connectivity index (χ0n) is 16.0. The van der Waals surface area contributed by atoms with E-state index in [1.54, 1.807) is 18.2 Å². The second kappa shape index (κ2) is 11.6. The lowest BCUT2D eigenvalue weighted by Crippen LogP contribution is -2.38. The van der Waals surface area contributed by atoms with Crippen molar-refractivity contribution in [1.29, 1.82) is 0 Å². The lowest BCUT2D eigenvalue weighted by molar-refractivity contribution is 0.187. The van der Waals surface area contributed by atoms with Crippen molar-refractivity contribution in [3.8, 4) is 0 Å². The topological polar surface area (TPSA) is 85.3 Å². The maximum atomic E-state index is 10.4. The maximum absolute atomic E-state index is 10.4. The highest BCUT2D eigenvalue weighted by Gasteiger charge is 2.10. The summed E-state index contributed by atoms with van der Waals surface area (Å²) in [5.74, 6) is 1.55. The Balaban J connectivity index is 0.00000300. The van der Waals surface area contributed by atoms with Crippen molar-refractivity contribution in [2.75, 3.05) is 19.6 Å². The van der Waals surface area contributed by atoms with E-state index in [-0.39, 0.29) is 30.5 Å². The first kappa shape index (κ1) is 23.7. The minimum absolute atomic E-state index is 0. The zero-order valence-corrected chi connectivity index (χ0v) is 19.8. The van der Waals surface area contributed by atoms with Crippen molar-refractivity contribution in [3.05, 3.63) is 63.9 Å². The first-order valence-electron chi connectivity index (χ1n) is 9.15. The van der Waals surface area contributed by atoms with E-state index in [2.05, 4.69) is 25.6 Å². The molecular weight excluding hydrogens is 524 g/mol. The Labute approximate surface area is 197 Å². The first-order chi connectivity index (χ1) is 13.5. The molecule has 0 aliphatic heterocycles. The Bertz CT molecular complexity index is 910. The average molecular weight is 548 g/mol. The van der Waals surface area contributed by atoms with E-state index in [9.17, 15) is 5.11 Å². The molecule has 156 valence electrons. The van der Waals surface area contributed by atoms with Gasteiger partial charge >= 0.3 is 0 Å². The van der Waals surface area contributed by atoms with Gasteiger partial charge in [0.1, 0.15) is 5.82 Å². The summed E-state index contributed by atoms with van der Waals surface area (Å²) in [6.07, 6.45) is -0.0621. The first-order valence-corrected chi connectivity index (χ1v) is 9.90. The second-order valence-electron chi connectivity index (χ2n) is 6.32. The minimum Gasteiger partial charge on any atom is -0.386 e. The van der Waals surface area contributed by atoms with E-state index in [0.29, 0.717) is 28.1 Å². The number of H-pyrrole nitrogens is 1. The van der Waals surface area contributed by atoms with Gasteiger partial charge in [0.25, 0.3) is 0 Å². The van der Waals surface area contributed by atoms with Gasteiger partial charge in [-0.2, -0.15) is 0 Å². The Morgan fingerprint density at radius 3 is 2.59 bits per heavy atom. The van der Waals surface area contributed by atoms with Crippen LogP contribution >= 0.6 is 47.2 Å². The van der Waals surface area contributed by atoms with Gasteiger partial charge in [-0.15, -0.1) is 24.0 Å². The predicted octanol–water partition coefficient (Wildman–Crippen LogP) is 4.32. The van der Waals surface area contributed by atoms with Crippen LogP contribution in [0.5, 0.6) is 0 Å². The van der Waals surface area contributed by atoms with Crippen molar-refractivity contribution in [1.82, 2.24) is 20.6 Å². The molecule has 1 heterocycles. The predicted molar refractivity (Wildman–Crippen MR) is 131 cm³/mol. The number of imidazole rings is 1. The number of halogens is 3. The minimum atomic E-state index is -0.790. The molecule has 6 nitrogen and oxygen atoms in total. The Kier molecular flexibility index (Phi) is 9.48. The number of fused-ring (bicyclic) bond motifs is 1. The average Bonchev–Trinajstić information content (AvgIpc) is 3.07. The fraction of sp³-hybridized carbons (Fsp3) is 0.300. The van der Waals surface area contributed by atoms with Crippen LogP contribution in [-0.2, 0) is 6.42 Å². The molecule has 1 unspecified atom stereocenters. The zero-order chi connectivity index (χ0) is 19.9. The Morgan fingerprint density at radius 2 is 1.90 bits per heavy atom. The normalized spacial score (nSPS) is 12.5. The van der Waals surface area contributed by atoms with Crippen LogP contribution in [0.2, 0.25) is 10.0 Å². The number of hydrogen-bond acceptors (Lipinski definition) is 3. The van der Waals surface area contributed by atoms with Gasteiger partial charge in [0.05, 0.1) is 23.7 Å². The number of nitrogens with zero attached hydrogens (tertiary/aromatic N) is 2. The lowest BCUT2D eigenvalue weighted by Gasteiger charge is -2.13. The third-order valence-corrected chi connectivity index (χ3v) is 4.57. The summed E-state index contributed by atoms with van der Waals surface area (Å²) in [5, 5.41) is 17.8. The number of para-hydroxylation sites is 2. The van der Waals surface area contributed by atoms with Crippen LogP contribution in [0, 0.1) is 0 Å². The third kappa shape index (κ3) is 7.02. The van der Waals surface area contributed by atoms with Crippen LogP contribution in [0.3, 0.4) is 0 Å². The number of aliphatic imine (C=N–C) groups is 1. The number of hydrogen-bond donors (Lipinski definition) is 4. The smallest absolute Gasteiger partial charge is 0.191 e. The van der Waals surface area contributed by atoms with Crippen molar-refractivity contribution in [2.24, 2.45) is 4.99 Å². The van der Waals surface area contributed by atoms with Crippen LogP contribution in [0.4, 0.5) is 0 Å². The van der Waals surface area contributed by atoms with Gasteiger partial charge < -0.3 is 20.7 Å². The van der Waals surface area contributed by atoms with E-state index in [1.165, 1.54) is 0 Å². The van der Waals surface area contributed by atoms with Crippen molar-refractivity contribution >= 4 is 64.2 Å².